The lowest BCUT2D eigenvalue weighted by molar-refractivity contribution is -0.303. The first-order valence-electron chi connectivity index (χ1n) is 39.9. The Hall–Kier alpha value is -1.67. The van der Waals surface area contributed by atoms with Crippen LogP contribution in [0, 0.1) is 0 Å². The monoisotopic (exact) mass is 1290 g/mol. The van der Waals surface area contributed by atoms with E-state index >= 15 is 0 Å². The number of hydrogen-bond acceptors (Lipinski definition) is 10. The van der Waals surface area contributed by atoms with Gasteiger partial charge < -0.3 is 50.5 Å². The van der Waals surface area contributed by atoms with Gasteiger partial charge in [-0.3, -0.25) is 4.79 Å². The molecule has 1 heterocycles. The lowest BCUT2D eigenvalue weighted by Crippen LogP contribution is -2.60. The maximum atomic E-state index is 13.3. The Morgan fingerprint density at radius 3 is 0.978 bits per heavy atom. The van der Waals surface area contributed by atoms with Crippen molar-refractivity contribution < 1.29 is 50.0 Å². The van der Waals surface area contributed by atoms with E-state index in [0.29, 0.717) is 19.3 Å². The van der Waals surface area contributed by atoms with Crippen molar-refractivity contribution in [1.82, 2.24) is 5.32 Å². The molecule has 1 aliphatic rings. The highest BCUT2D eigenvalue weighted by atomic mass is 16.7. The van der Waals surface area contributed by atoms with Crippen molar-refractivity contribution in [2.45, 2.75) is 454 Å². The fourth-order valence-electron chi connectivity index (χ4n) is 13.0. The standard InChI is InChI=1S/C80H153NO10/c1-3-5-7-9-11-13-15-17-19-21-23-25-27-29-31-33-35-37-39-41-43-45-47-49-51-53-55-57-59-61-63-65-67-72(83)75(85)71(70-90-80-78(88)77(87)76(86)74(69-82)91-80)81-79(89)73(84)68-66-64-62-60-58-56-54-52-50-48-46-44-42-40-38-36-34-32-30-28-26-24-22-20-18-16-14-12-10-8-6-4-2/h30,32,51,53,59,61,71-78,80,82-88H,3-29,31,33-50,52,54-58,60,62-70H2,1-2H3,(H,81,89)/b32-30-,53-51+,61-59+. The van der Waals surface area contributed by atoms with E-state index in [1.54, 1.807) is 0 Å². The molecule has 1 fully saturated rings. The van der Waals surface area contributed by atoms with Gasteiger partial charge in [-0.25, -0.2) is 0 Å². The first kappa shape index (κ1) is 87.3. The minimum absolute atomic E-state index is 0.248. The van der Waals surface area contributed by atoms with E-state index in [4.69, 9.17) is 9.47 Å². The van der Waals surface area contributed by atoms with Gasteiger partial charge in [-0.15, -0.1) is 0 Å². The van der Waals surface area contributed by atoms with Crippen molar-refractivity contribution in [2.24, 2.45) is 0 Å². The number of carbonyl (C=O) groups excluding carboxylic acids is 1. The molecule has 0 aliphatic carbocycles. The van der Waals surface area contributed by atoms with Gasteiger partial charge in [0.05, 0.1) is 25.4 Å². The lowest BCUT2D eigenvalue weighted by Gasteiger charge is -2.40. The second-order valence-corrected chi connectivity index (χ2v) is 28.1. The highest BCUT2D eigenvalue weighted by molar-refractivity contribution is 5.80. The molecule has 11 heteroatoms. The second kappa shape index (κ2) is 68.3. The normalized spacial score (nSPS) is 18.5. The number of hydrogen-bond donors (Lipinski definition) is 8. The van der Waals surface area contributed by atoms with Gasteiger partial charge in [-0.05, 0) is 77.0 Å². The number of aliphatic hydroxyl groups is 7. The fourth-order valence-corrected chi connectivity index (χ4v) is 13.0. The summed E-state index contributed by atoms with van der Waals surface area (Å²) in [5.41, 5.74) is 0. The molecular formula is C80H153NO10. The molecular weight excluding hydrogens is 1130 g/mol. The average molecular weight is 1290 g/mol. The summed E-state index contributed by atoms with van der Waals surface area (Å²) in [5.74, 6) is -0.704. The van der Waals surface area contributed by atoms with E-state index in [1.807, 2.05) is 0 Å². The van der Waals surface area contributed by atoms with E-state index in [1.165, 1.54) is 315 Å². The summed E-state index contributed by atoms with van der Waals surface area (Å²) >= 11 is 0. The summed E-state index contributed by atoms with van der Waals surface area (Å²) in [4.78, 5) is 13.3. The molecule has 0 saturated carbocycles. The zero-order chi connectivity index (χ0) is 66.0. The summed E-state index contributed by atoms with van der Waals surface area (Å²) in [5, 5.41) is 76.7. The summed E-state index contributed by atoms with van der Waals surface area (Å²) in [6.07, 6.45) is 78.4. The molecule has 9 atom stereocenters. The largest absolute Gasteiger partial charge is 0.394 e. The number of unbranched alkanes of at least 4 members (excludes halogenated alkanes) is 53. The van der Waals surface area contributed by atoms with Crippen molar-refractivity contribution in [2.75, 3.05) is 13.2 Å². The number of carbonyl (C=O) groups is 1. The van der Waals surface area contributed by atoms with Crippen molar-refractivity contribution in [3.05, 3.63) is 36.5 Å². The van der Waals surface area contributed by atoms with Gasteiger partial charge >= 0.3 is 0 Å². The van der Waals surface area contributed by atoms with Crippen LogP contribution in [0.4, 0.5) is 0 Å². The first-order valence-corrected chi connectivity index (χ1v) is 39.9. The highest BCUT2D eigenvalue weighted by Gasteiger charge is 2.44. The smallest absolute Gasteiger partial charge is 0.249 e. The predicted octanol–water partition coefficient (Wildman–Crippen LogP) is 20.5. The lowest BCUT2D eigenvalue weighted by atomic mass is 9.98. The molecule has 91 heavy (non-hydrogen) atoms. The third-order valence-corrected chi connectivity index (χ3v) is 19.4. The number of ether oxygens (including phenoxy) is 2. The van der Waals surface area contributed by atoms with Crippen LogP contribution in [0.3, 0.4) is 0 Å². The predicted molar refractivity (Wildman–Crippen MR) is 385 cm³/mol. The van der Waals surface area contributed by atoms with Gasteiger partial charge in [0, 0.05) is 0 Å². The van der Waals surface area contributed by atoms with Crippen LogP contribution in [-0.4, -0.2) is 110 Å². The molecule has 538 valence electrons. The third-order valence-electron chi connectivity index (χ3n) is 19.4. The molecule has 0 bridgehead atoms. The fraction of sp³-hybridized carbons (Fsp3) is 0.912. The Kier molecular flexibility index (Phi) is 65.5. The molecule has 0 aromatic heterocycles. The first-order chi connectivity index (χ1) is 44.7. The molecule has 1 saturated heterocycles. The molecule has 0 aromatic carbocycles. The summed E-state index contributed by atoms with van der Waals surface area (Å²) in [6, 6.07) is -1.19. The van der Waals surface area contributed by atoms with Gasteiger partial charge in [-0.2, -0.15) is 0 Å². The van der Waals surface area contributed by atoms with Crippen LogP contribution in [0.1, 0.15) is 399 Å². The van der Waals surface area contributed by atoms with Gasteiger partial charge in [0.15, 0.2) is 6.29 Å². The van der Waals surface area contributed by atoms with Crippen molar-refractivity contribution in [3.8, 4) is 0 Å². The van der Waals surface area contributed by atoms with E-state index in [2.05, 4.69) is 55.6 Å². The van der Waals surface area contributed by atoms with Crippen LogP contribution < -0.4 is 5.32 Å². The topological polar surface area (TPSA) is 189 Å². The van der Waals surface area contributed by atoms with E-state index in [-0.39, 0.29) is 12.8 Å². The molecule has 1 aliphatic heterocycles. The molecule has 8 N–H and O–H groups in total. The van der Waals surface area contributed by atoms with Crippen LogP contribution in [0.5, 0.6) is 0 Å². The molecule has 0 radical (unpaired) electrons. The van der Waals surface area contributed by atoms with Crippen molar-refractivity contribution >= 4 is 5.91 Å². The zero-order valence-electron chi connectivity index (χ0n) is 59.9. The quantitative estimate of drug-likeness (QED) is 0.0215. The number of rotatable bonds is 71. The number of amides is 1. The maximum Gasteiger partial charge on any atom is 0.249 e. The van der Waals surface area contributed by atoms with E-state index in [9.17, 15) is 40.5 Å². The van der Waals surface area contributed by atoms with Gasteiger partial charge in [0.25, 0.3) is 0 Å². The highest BCUT2D eigenvalue weighted by Crippen LogP contribution is 2.24. The molecule has 0 spiro atoms. The van der Waals surface area contributed by atoms with Gasteiger partial charge in [0.1, 0.15) is 36.6 Å². The Morgan fingerprint density at radius 1 is 0.374 bits per heavy atom. The second-order valence-electron chi connectivity index (χ2n) is 28.1. The van der Waals surface area contributed by atoms with Gasteiger partial charge in [-0.1, -0.05) is 359 Å². The Labute approximate surface area is 562 Å². The Bertz CT molecular complexity index is 1580. The van der Waals surface area contributed by atoms with Crippen LogP contribution in [0.25, 0.3) is 0 Å². The summed E-state index contributed by atoms with van der Waals surface area (Å²) < 4.78 is 11.2. The summed E-state index contributed by atoms with van der Waals surface area (Å²) in [6.45, 7) is 3.51. The third kappa shape index (κ3) is 55.1. The molecule has 1 rings (SSSR count). The molecule has 0 aromatic rings. The van der Waals surface area contributed by atoms with Gasteiger partial charge in [0.2, 0.25) is 5.91 Å². The van der Waals surface area contributed by atoms with Crippen LogP contribution in [0.2, 0.25) is 0 Å². The minimum Gasteiger partial charge on any atom is -0.394 e. The van der Waals surface area contributed by atoms with Crippen molar-refractivity contribution in [1.29, 1.82) is 0 Å². The van der Waals surface area contributed by atoms with Crippen LogP contribution >= 0.6 is 0 Å². The summed E-state index contributed by atoms with van der Waals surface area (Å²) in [7, 11) is 0. The minimum atomic E-state index is -1.67. The average Bonchev–Trinajstić information content (AvgIpc) is 1.05. The van der Waals surface area contributed by atoms with Crippen molar-refractivity contribution in [3.63, 3.8) is 0 Å². The van der Waals surface area contributed by atoms with E-state index < -0.39 is 74.2 Å². The number of aliphatic hydroxyl groups excluding tert-OH is 7. The number of allylic oxidation sites excluding steroid dienone is 6. The van der Waals surface area contributed by atoms with Crippen LogP contribution in [-0.2, 0) is 14.3 Å². The Morgan fingerprint density at radius 2 is 0.659 bits per heavy atom. The molecule has 1 amide bonds. The SMILES string of the molecule is CCCCCCCCCCCCCC/C=C\CCCCCCCCCCCCCCCCCCC(O)C(=O)NC(COC1OC(CO)C(O)C(O)C1O)C(O)C(O)CCC/C=C/CC/C=C/CCCCCCCCCCCCCCCCCCCCCCCCC. The molecule has 9 unspecified atom stereocenters. The number of nitrogens with one attached hydrogen (secondary N) is 1. The maximum absolute atomic E-state index is 13.3. The van der Waals surface area contributed by atoms with Crippen LogP contribution in [0.15, 0.2) is 36.5 Å². The molecule has 11 nitrogen and oxygen atoms in total. The Balaban J connectivity index is 2.16. The zero-order valence-corrected chi connectivity index (χ0v) is 59.9. The van der Waals surface area contributed by atoms with E-state index in [0.717, 1.165) is 38.5 Å².